The smallest absolute Gasteiger partial charge is 0.136 e. The average Bonchev–Trinajstić information content (AvgIpc) is 2.98. The summed E-state index contributed by atoms with van der Waals surface area (Å²) in [5.74, 6) is 0.853. The summed E-state index contributed by atoms with van der Waals surface area (Å²) in [7, 11) is 0. The maximum absolute atomic E-state index is 2.65. The number of para-hydroxylation sites is 1. The van der Waals surface area contributed by atoms with Gasteiger partial charge < -0.3 is 9.47 Å². The van der Waals surface area contributed by atoms with Gasteiger partial charge in [-0.05, 0) is 30.5 Å². The molecule has 2 aliphatic rings. The van der Waals surface area contributed by atoms with Crippen molar-refractivity contribution in [1.82, 2.24) is 4.57 Å². The molecule has 2 heteroatoms. The molecule has 5 rings (SSSR count). The molecule has 0 spiro atoms. The van der Waals surface area contributed by atoms with Gasteiger partial charge in [0.15, 0.2) is 0 Å². The Morgan fingerprint density at radius 2 is 1.85 bits per heavy atom. The zero-order valence-electron chi connectivity index (χ0n) is 16.0. The van der Waals surface area contributed by atoms with Crippen LogP contribution < -0.4 is 4.90 Å². The van der Waals surface area contributed by atoms with Crippen molar-refractivity contribution in [3.8, 4) is 0 Å². The Balaban J connectivity index is 1.72. The van der Waals surface area contributed by atoms with E-state index in [1.165, 1.54) is 48.8 Å². The van der Waals surface area contributed by atoms with Crippen LogP contribution in [-0.2, 0) is 18.5 Å². The molecule has 0 bridgehead atoms. The highest BCUT2D eigenvalue weighted by molar-refractivity contribution is 5.86. The standard InChI is InChI=1S/C24H28N2/c1-18-12-14-24(2)23-21(13-15-25(24)16-18)20-10-6-7-11-22(20)26(23)17-19-8-4-3-5-9-19/h3-11,18H,12-17H2,1-2H3/p+1/t18-,24+/m1/s1. The predicted molar refractivity (Wildman–Crippen MR) is 108 cm³/mol. The van der Waals surface area contributed by atoms with Crippen molar-refractivity contribution in [2.24, 2.45) is 5.92 Å². The topological polar surface area (TPSA) is 9.37 Å². The first-order valence-electron chi connectivity index (χ1n) is 10.2. The molecule has 0 radical (unpaired) electrons. The van der Waals surface area contributed by atoms with E-state index >= 15 is 0 Å². The maximum atomic E-state index is 2.65. The van der Waals surface area contributed by atoms with Crippen LogP contribution in [0.4, 0.5) is 0 Å². The highest BCUT2D eigenvalue weighted by atomic mass is 15.2. The van der Waals surface area contributed by atoms with E-state index in [1.807, 2.05) is 0 Å². The van der Waals surface area contributed by atoms with E-state index in [4.69, 9.17) is 0 Å². The van der Waals surface area contributed by atoms with Crippen molar-refractivity contribution in [3.63, 3.8) is 0 Å². The third-order valence-corrected chi connectivity index (χ3v) is 6.97. The van der Waals surface area contributed by atoms with E-state index in [1.54, 1.807) is 16.2 Å². The molecule has 3 heterocycles. The van der Waals surface area contributed by atoms with Gasteiger partial charge in [-0.25, -0.2) is 0 Å². The molecule has 0 aliphatic carbocycles. The van der Waals surface area contributed by atoms with Crippen molar-refractivity contribution in [2.75, 3.05) is 13.1 Å². The minimum Gasteiger partial charge on any atom is -0.334 e. The fourth-order valence-corrected chi connectivity index (χ4v) is 5.59. The summed E-state index contributed by atoms with van der Waals surface area (Å²) in [5, 5.41) is 1.48. The summed E-state index contributed by atoms with van der Waals surface area (Å²) in [6.07, 6.45) is 3.88. The van der Waals surface area contributed by atoms with E-state index in [2.05, 4.69) is 73.0 Å². The Hall–Kier alpha value is -2.06. The van der Waals surface area contributed by atoms with Gasteiger partial charge in [0, 0.05) is 36.2 Å². The second-order valence-corrected chi connectivity index (χ2v) is 8.70. The van der Waals surface area contributed by atoms with Crippen molar-refractivity contribution in [1.29, 1.82) is 0 Å². The molecule has 3 atom stereocenters. The molecule has 1 fully saturated rings. The Labute approximate surface area is 156 Å². The highest BCUT2D eigenvalue weighted by Crippen LogP contribution is 2.39. The van der Waals surface area contributed by atoms with Crippen LogP contribution in [0, 0.1) is 5.92 Å². The van der Waals surface area contributed by atoms with E-state index in [-0.39, 0.29) is 5.54 Å². The zero-order valence-corrected chi connectivity index (χ0v) is 16.0. The van der Waals surface area contributed by atoms with Gasteiger partial charge in [-0.1, -0.05) is 55.5 Å². The lowest BCUT2D eigenvalue weighted by Gasteiger charge is -2.47. The second kappa shape index (κ2) is 5.99. The number of aromatic nitrogens is 1. The van der Waals surface area contributed by atoms with Crippen LogP contribution >= 0.6 is 0 Å². The van der Waals surface area contributed by atoms with Gasteiger partial charge in [0.05, 0.1) is 18.8 Å². The highest BCUT2D eigenvalue weighted by Gasteiger charge is 2.48. The van der Waals surface area contributed by atoms with Gasteiger partial charge in [-0.2, -0.15) is 0 Å². The van der Waals surface area contributed by atoms with Crippen molar-refractivity contribution >= 4 is 10.9 Å². The minimum absolute atomic E-state index is 0.258. The molecule has 26 heavy (non-hydrogen) atoms. The van der Waals surface area contributed by atoms with E-state index in [0.717, 1.165) is 12.5 Å². The molecule has 3 aromatic rings. The molecule has 1 N–H and O–H groups in total. The van der Waals surface area contributed by atoms with Crippen molar-refractivity contribution in [2.45, 2.75) is 45.2 Å². The van der Waals surface area contributed by atoms with Crippen LogP contribution in [0.1, 0.15) is 43.5 Å². The van der Waals surface area contributed by atoms with Gasteiger partial charge >= 0.3 is 0 Å². The lowest BCUT2D eigenvalue weighted by atomic mass is 9.77. The number of hydrogen-bond donors (Lipinski definition) is 1. The summed E-state index contributed by atoms with van der Waals surface area (Å²) in [6.45, 7) is 8.55. The van der Waals surface area contributed by atoms with Crippen LogP contribution in [0.5, 0.6) is 0 Å². The molecule has 134 valence electrons. The summed E-state index contributed by atoms with van der Waals surface area (Å²) >= 11 is 0. The van der Waals surface area contributed by atoms with Crippen LogP contribution in [0.3, 0.4) is 0 Å². The van der Waals surface area contributed by atoms with Crippen molar-refractivity contribution in [3.05, 3.63) is 71.4 Å². The molecule has 2 nitrogen and oxygen atoms in total. The zero-order chi connectivity index (χ0) is 17.7. The number of quaternary nitrogens is 1. The van der Waals surface area contributed by atoms with Crippen LogP contribution in [0.15, 0.2) is 54.6 Å². The van der Waals surface area contributed by atoms with Crippen LogP contribution in [0.25, 0.3) is 10.9 Å². The number of nitrogens with one attached hydrogen (secondary N) is 1. The summed E-state index contributed by atoms with van der Waals surface area (Å²) in [4.78, 5) is 1.81. The molecular formula is C24H29N2+. The quantitative estimate of drug-likeness (QED) is 0.724. The SMILES string of the molecule is C[C@@H]1CC[C@@]2(C)c3c(c4ccccc4n3Cc3ccccc3)CC[NH+]2C1. The fraction of sp³-hybridized carbons (Fsp3) is 0.417. The molecule has 1 aromatic heterocycles. The van der Waals surface area contributed by atoms with Gasteiger partial charge in [-0.15, -0.1) is 0 Å². The molecule has 1 unspecified atom stereocenters. The van der Waals surface area contributed by atoms with E-state index < -0.39 is 0 Å². The predicted octanol–water partition coefficient (Wildman–Crippen LogP) is 3.78. The third-order valence-electron chi connectivity index (χ3n) is 6.97. The van der Waals surface area contributed by atoms with Gasteiger partial charge in [0.25, 0.3) is 0 Å². The first kappa shape index (κ1) is 16.1. The Morgan fingerprint density at radius 3 is 2.69 bits per heavy atom. The molecule has 2 aromatic carbocycles. The Morgan fingerprint density at radius 1 is 1.08 bits per heavy atom. The molecule has 0 saturated carbocycles. The van der Waals surface area contributed by atoms with Gasteiger partial charge in [0.1, 0.15) is 5.54 Å². The van der Waals surface area contributed by atoms with Crippen LogP contribution in [-0.4, -0.2) is 17.7 Å². The third kappa shape index (κ3) is 2.35. The first-order chi connectivity index (χ1) is 12.7. The maximum Gasteiger partial charge on any atom is 0.136 e. The molecular weight excluding hydrogens is 316 g/mol. The minimum atomic E-state index is 0.258. The monoisotopic (exact) mass is 345 g/mol. The van der Waals surface area contributed by atoms with Gasteiger partial charge in [0.2, 0.25) is 0 Å². The van der Waals surface area contributed by atoms with Crippen molar-refractivity contribution < 1.29 is 4.90 Å². The lowest BCUT2D eigenvalue weighted by molar-refractivity contribution is -0.970. The largest absolute Gasteiger partial charge is 0.334 e. The van der Waals surface area contributed by atoms with Gasteiger partial charge in [-0.3, -0.25) is 0 Å². The Kier molecular flexibility index (Phi) is 3.72. The number of benzene rings is 2. The summed E-state index contributed by atoms with van der Waals surface area (Å²) in [6, 6.07) is 20.0. The Bertz CT molecular complexity index is 940. The lowest BCUT2D eigenvalue weighted by Crippen LogP contribution is -3.21. The fourth-order valence-electron chi connectivity index (χ4n) is 5.59. The molecule has 1 saturated heterocycles. The number of nitrogens with zero attached hydrogens (tertiary/aromatic N) is 1. The van der Waals surface area contributed by atoms with Crippen LogP contribution in [0.2, 0.25) is 0 Å². The number of rotatable bonds is 2. The number of hydrogen-bond acceptors (Lipinski definition) is 0. The normalized spacial score (nSPS) is 27.9. The van der Waals surface area contributed by atoms with E-state index in [0.29, 0.717) is 0 Å². The average molecular weight is 346 g/mol. The summed E-state index contributed by atoms with van der Waals surface area (Å²) in [5.41, 5.74) is 6.32. The second-order valence-electron chi connectivity index (χ2n) is 8.70. The van der Waals surface area contributed by atoms with E-state index in [9.17, 15) is 0 Å². The number of fused-ring (bicyclic) bond motifs is 5. The first-order valence-corrected chi connectivity index (χ1v) is 10.2. The molecule has 2 aliphatic heterocycles. The summed E-state index contributed by atoms with van der Waals surface area (Å²) < 4.78 is 2.65. The number of piperidine rings is 1. The molecule has 0 amide bonds.